The fourth-order valence-electron chi connectivity index (χ4n) is 3.64. The zero-order valence-corrected chi connectivity index (χ0v) is 13.7. The van der Waals surface area contributed by atoms with Crippen LogP contribution in [0.3, 0.4) is 0 Å². The maximum atomic E-state index is 6.05. The lowest BCUT2D eigenvalue weighted by Gasteiger charge is -2.35. The summed E-state index contributed by atoms with van der Waals surface area (Å²) in [4.78, 5) is 7.80. The van der Waals surface area contributed by atoms with Crippen LogP contribution in [-0.2, 0) is 11.3 Å². The third-order valence-electron chi connectivity index (χ3n) is 4.60. The molecule has 2 aliphatic rings. The van der Waals surface area contributed by atoms with Crippen molar-refractivity contribution in [3.63, 3.8) is 0 Å². The van der Waals surface area contributed by atoms with E-state index in [1.165, 1.54) is 29.3 Å². The van der Waals surface area contributed by atoms with Crippen molar-refractivity contribution < 1.29 is 4.74 Å². The third-order valence-corrected chi connectivity index (χ3v) is 5.58. The van der Waals surface area contributed by atoms with Crippen molar-refractivity contribution in [1.29, 1.82) is 0 Å². The molecule has 0 aromatic carbocycles. The molecule has 2 fully saturated rings. The molecule has 3 heterocycles. The van der Waals surface area contributed by atoms with Crippen LogP contribution < -0.4 is 0 Å². The second-order valence-electron chi connectivity index (χ2n) is 6.59. The highest BCUT2D eigenvalue weighted by molar-refractivity contribution is 7.11. The van der Waals surface area contributed by atoms with Gasteiger partial charge in [-0.1, -0.05) is 0 Å². The SMILES string of the molecule is Cc1ccc(CN2CC[C@@H]3[C@@H](CO[C@H]3CN(C)C)C2)s1. The van der Waals surface area contributed by atoms with Crippen molar-refractivity contribution in [3.8, 4) is 0 Å². The molecule has 20 heavy (non-hydrogen) atoms. The van der Waals surface area contributed by atoms with Gasteiger partial charge in [0.2, 0.25) is 0 Å². The predicted octanol–water partition coefficient (Wildman–Crippen LogP) is 2.46. The van der Waals surface area contributed by atoms with E-state index in [1.807, 2.05) is 11.3 Å². The molecule has 0 unspecified atom stereocenters. The second-order valence-corrected chi connectivity index (χ2v) is 7.97. The summed E-state index contributed by atoms with van der Waals surface area (Å²) in [6.07, 6.45) is 1.76. The van der Waals surface area contributed by atoms with Crippen LogP contribution in [0.25, 0.3) is 0 Å². The summed E-state index contributed by atoms with van der Waals surface area (Å²) < 4.78 is 6.05. The lowest BCUT2D eigenvalue weighted by Crippen LogP contribution is -2.42. The number of thiophene rings is 1. The van der Waals surface area contributed by atoms with Gasteiger partial charge in [-0.3, -0.25) is 4.90 Å². The standard InChI is InChI=1S/C16H26N2OS/c1-12-4-5-14(20-12)9-18-7-6-15-13(8-18)11-19-16(15)10-17(2)3/h4-5,13,15-16H,6-11H2,1-3H3/t13-,15-,16+/m1/s1. The van der Waals surface area contributed by atoms with Crippen LogP contribution in [0.5, 0.6) is 0 Å². The molecule has 4 heteroatoms. The highest BCUT2D eigenvalue weighted by atomic mass is 32.1. The molecular weight excluding hydrogens is 268 g/mol. The number of ether oxygens (including phenoxy) is 1. The van der Waals surface area contributed by atoms with E-state index in [0.29, 0.717) is 6.10 Å². The zero-order valence-electron chi connectivity index (χ0n) is 12.8. The largest absolute Gasteiger partial charge is 0.376 e. The molecule has 3 atom stereocenters. The molecule has 0 bridgehead atoms. The van der Waals surface area contributed by atoms with Gasteiger partial charge in [-0.25, -0.2) is 0 Å². The van der Waals surface area contributed by atoms with Gasteiger partial charge in [-0.05, 0) is 52.0 Å². The number of rotatable bonds is 4. The van der Waals surface area contributed by atoms with Gasteiger partial charge in [0, 0.05) is 35.3 Å². The van der Waals surface area contributed by atoms with Gasteiger partial charge < -0.3 is 9.64 Å². The van der Waals surface area contributed by atoms with Crippen molar-refractivity contribution in [2.45, 2.75) is 26.0 Å². The fourth-order valence-corrected chi connectivity index (χ4v) is 4.58. The summed E-state index contributed by atoms with van der Waals surface area (Å²) in [6, 6.07) is 4.52. The topological polar surface area (TPSA) is 15.7 Å². The van der Waals surface area contributed by atoms with Gasteiger partial charge in [0.15, 0.2) is 0 Å². The zero-order chi connectivity index (χ0) is 14.1. The van der Waals surface area contributed by atoms with Gasteiger partial charge in [0.05, 0.1) is 12.7 Å². The molecule has 3 nitrogen and oxygen atoms in total. The second kappa shape index (κ2) is 6.14. The Bertz CT molecular complexity index is 445. The summed E-state index contributed by atoms with van der Waals surface area (Å²) >= 11 is 1.94. The van der Waals surface area contributed by atoms with Gasteiger partial charge in [0.1, 0.15) is 0 Å². The first-order chi connectivity index (χ1) is 9.61. The number of hydrogen-bond donors (Lipinski definition) is 0. The maximum absolute atomic E-state index is 6.05. The summed E-state index contributed by atoms with van der Waals surface area (Å²) in [6.45, 7) is 7.79. The van der Waals surface area contributed by atoms with E-state index in [0.717, 1.165) is 31.5 Å². The average Bonchev–Trinajstić information content (AvgIpc) is 2.96. The van der Waals surface area contributed by atoms with E-state index in [-0.39, 0.29) is 0 Å². The Hall–Kier alpha value is -0.420. The monoisotopic (exact) mass is 294 g/mol. The van der Waals surface area contributed by atoms with Crippen molar-refractivity contribution in [3.05, 3.63) is 21.9 Å². The summed E-state index contributed by atoms with van der Waals surface area (Å²) in [5.41, 5.74) is 0. The molecule has 0 saturated carbocycles. The number of aryl methyl sites for hydroxylation is 1. The molecule has 3 rings (SSSR count). The predicted molar refractivity (Wildman–Crippen MR) is 84.2 cm³/mol. The van der Waals surface area contributed by atoms with Crippen LogP contribution in [0.4, 0.5) is 0 Å². The van der Waals surface area contributed by atoms with Crippen LogP contribution >= 0.6 is 11.3 Å². The number of piperidine rings is 1. The van der Waals surface area contributed by atoms with Crippen LogP contribution in [0, 0.1) is 18.8 Å². The van der Waals surface area contributed by atoms with Gasteiger partial charge in [-0.15, -0.1) is 11.3 Å². The third kappa shape index (κ3) is 3.25. The Kier molecular flexibility index (Phi) is 4.46. The van der Waals surface area contributed by atoms with Crippen molar-refractivity contribution in [1.82, 2.24) is 9.80 Å². The lowest BCUT2D eigenvalue weighted by molar-refractivity contribution is 0.0626. The van der Waals surface area contributed by atoms with E-state index >= 15 is 0 Å². The number of fused-ring (bicyclic) bond motifs is 1. The highest BCUT2D eigenvalue weighted by Gasteiger charge is 2.40. The minimum Gasteiger partial charge on any atom is -0.376 e. The molecule has 112 valence electrons. The number of likely N-dealkylation sites (N-methyl/N-ethyl adjacent to an activating group) is 1. The summed E-state index contributed by atoms with van der Waals surface area (Å²) in [7, 11) is 4.29. The number of nitrogens with zero attached hydrogens (tertiary/aromatic N) is 2. The first kappa shape index (κ1) is 14.5. The van der Waals surface area contributed by atoms with Crippen LogP contribution in [-0.4, -0.2) is 56.2 Å². The van der Waals surface area contributed by atoms with E-state index in [1.54, 1.807) is 0 Å². The first-order valence-corrected chi connectivity index (χ1v) is 8.47. The normalized spacial score (nSPS) is 30.9. The van der Waals surface area contributed by atoms with Gasteiger partial charge in [0.25, 0.3) is 0 Å². The fraction of sp³-hybridized carbons (Fsp3) is 0.750. The van der Waals surface area contributed by atoms with Gasteiger partial charge >= 0.3 is 0 Å². The summed E-state index contributed by atoms with van der Waals surface area (Å²) in [5.74, 6) is 1.52. The van der Waals surface area contributed by atoms with Crippen molar-refractivity contribution >= 4 is 11.3 Å². The Morgan fingerprint density at radius 2 is 2.25 bits per heavy atom. The quantitative estimate of drug-likeness (QED) is 0.848. The highest BCUT2D eigenvalue weighted by Crippen LogP contribution is 2.35. The smallest absolute Gasteiger partial charge is 0.0734 e. The molecule has 0 N–H and O–H groups in total. The minimum atomic E-state index is 0.459. The molecule has 1 aromatic heterocycles. The van der Waals surface area contributed by atoms with Crippen LogP contribution in [0.15, 0.2) is 12.1 Å². The Morgan fingerprint density at radius 1 is 1.40 bits per heavy atom. The molecular formula is C16H26N2OS. The Morgan fingerprint density at radius 3 is 2.95 bits per heavy atom. The van der Waals surface area contributed by atoms with Crippen molar-refractivity contribution in [2.75, 3.05) is 40.3 Å². The average molecular weight is 294 g/mol. The minimum absolute atomic E-state index is 0.459. The molecule has 2 aliphatic heterocycles. The van der Waals surface area contributed by atoms with E-state index in [4.69, 9.17) is 4.74 Å². The molecule has 0 radical (unpaired) electrons. The van der Waals surface area contributed by atoms with Crippen molar-refractivity contribution in [2.24, 2.45) is 11.8 Å². The van der Waals surface area contributed by atoms with Gasteiger partial charge in [-0.2, -0.15) is 0 Å². The molecule has 1 aromatic rings. The van der Waals surface area contributed by atoms with E-state index in [9.17, 15) is 0 Å². The first-order valence-electron chi connectivity index (χ1n) is 7.66. The van der Waals surface area contributed by atoms with E-state index in [2.05, 4.69) is 43.0 Å². The molecule has 0 aliphatic carbocycles. The molecule has 2 saturated heterocycles. The Balaban J connectivity index is 1.55. The molecule has 0 spiro atoms. The Labute approximate surface area is 126 Å². The summed E-state index contributed by atoms with van der Waals surface area (Å²) in [5, 5.41) is 0. The number of hydrogen-bond acceptors (Lipinski definition) is 4. The van der Waals surface area contributed by atoms with E-state index < -0.39 is 0 Å². The number of likely N-dealkylation sites (tertiary alicyclic amines) is 1. The molecule has 0 amide bonds. The lowest BCUT2D eigenvalue weighted by atomic mass is 9.84. The maximum Gasteiger partial charge on any atom is 0.0734 e. The van der Waals surface area contributed by atoms with Crippen LogP contribution in [0.1, 0.15) is 16.2 Å². The van der Waals surface area contributed by atoms with Crippen LogP contribution in [0.2, 0.25) is 0 Å².